The minimum atomic E-state index is 0.374. The molecule has 11 heavy (non-hydrogen) atoms. The normalized spacial score (nSPS) is 32.5. The molecular formula is C9H19NO. The number of rotatable bonds is 3. The van der Waals surface area contributed by atoms with E-state index in [1.807, 2.05) is 0 Å². The Morgan fingerprint density at radius 3 is 2.55 bits per heavy atom. The number of likely N-dealkylation sites (tertiary alicyclic amines) is 1. The van der Waals surface area contributed by atoms with Gasteiger partial charge in [-0.05, 0) is 34.2 Å². The molecule has 0 aliphatic carbocycles. The second-order valence-electron chi connectivity index (χ2n) is 3.79. The highest BCUT2D eigenvalue weighted by molar-refractivity contribution is 4.87. The third-order valence-corrected chi connectivity index (χ3v) is 2.51. The molecule has 0 spiro atoms. The van der Waals surface area contributed by atoms with Crippen LogP contribution >= 0.6 is 0 Å². The third-order valence-electron chi connectivity index (χ3n) is 2.51. The van der Waals surface area contributed by atoms with Gasteiger partial charge >= 0.3 is 0 Å². The molecule has 0 saturated carbocycles. The Labute approximate surface area is 69.5 Å². The molecule has 1 fully saturated rings. The molecule has 2 atom stereocenters. The number of hydrogen-bond acceptors (Lipinski definition) is 2. The Morgan fingerprint density at radius 1 is 1.55 bits per heavy atom. The summed E-state index contributed by atoms with van der Waals surface area (Å²) in [4.78, 5) is 2.38. The first-order valence-electron chi connectivity index (χ1n) is 4.44. The first kappa shape index (κ1) is 9.01. The summed E-state index contributed by atoms with van der Waals surface area (Å²) in [7, 11) is 2.17. The second kappa shape index (κ2) is 3.55. The summed E-state index contributed by atoms with van der Waals surface area (Å²) in [5.41, 5.74) is 0. The average Bonchev–Trinajstić information content (AvgIpc) is 1.96. The summed E-state index contributed by atoms with van der Waals surface area (Å²) in [5, 5.41) is 0. The van der Waals surface area contributed by atoms with Crippen molar-refractivity contribution in [1.29, 1.82) is 0 Å². The predicted molar refractivity (Wildman–Crippen MR) is 46.7 cm³/mol. The Hall–Kier alpha value is -0.0800. The fourth-order valence-electron chi connectivity index (χ4n) is 1.44. The van der Waals surface area contributed by atoms with Gasteiger partial charge in [-0.2, -0.15) is 0 Å². The maximum absolute atomic E-state index is 5.52. The van der Waals surface area contributed by atoms with E-state index in [0.717, 1.165) is 12.6 Å². The number of nitrogens with zero attached hydrogens (tertiary/aromatic N) is 1. The Kier molecular flexibility index (Phi) is 2.90. The van der Waals surface area contributed by atoms with Gasteiger partial charge in [0.25, 0.3) is 0 Å². The van der Waals surface area contributed by atoms with Crippen molar-refractivity contribution in [3.63, 3.8) is 0 Å². The molecule has 1 aliphatic rings. The molecular weight excluding hydrogens is 138 g/mol. The van der Waals surface area contributed by atoms with Gasteiger partial charge in [0.15, 0.2) is 0 Å². The summed E-state index contributed by atoms with van der Waals surface area (Å²) in [6.45, 7) is 7.33. The molecule has 1 saturated heterocycles. The van der Waals surface area contributed by atoms with E-state index in [-0.39, 0.29) is 0 Å². The van der Waals surface area contributed by atoms with E-state index in [4.69, 9.17) is 4.74 Å². The maximum atomic E-state index is 5.52. The molecule has 0 radical (unpaired) electrons. The van der Waals surface area contributed by atoms with Crippen LogP contribution in [0.15, 0.2) is 0 Å². The zero-order chi connectivity index (χ0) is 8.43. The van der Waals surface area contributed by atoms with Gasteiger partial charge in [-0.15, -0.1) is 0 Å². The van der Waals surface area contributed by atoms with Crippen molar-refractivity contribution < 1.29 is 4.74 Å². The minimum absolute atomic E-state index is 0.374. The molecule has 0 unspecified atom stereocenters. The first-order valence-corrected chi connectivity index (χ1v) is 4.44. The van der Waals surface area contributed by atoms with Crippen LogP contribution in [0.4, 0.5) is 0 Å². The van der Waals surface area contributed by atoms with Crippen LogP contribution in [-0.2, 0) is 4.74 Å². The van der Waals surface area contributed by atoms with Gasteiger partial charge in [-0.3, -0.25) is 4.90 Å². The van der Waals surface area contributed by atoms with Crippen LogP contribution in [0.25, 0.3) is 0 Å². The fourth-order valence-corrected chi connectivity index (χ4v) is 1.44. The van der Waals surface area contributed by atoms with Gasteiger partial charge in [0.2, 0.25) is 0 Å². The molecule has 0 amide bonds. The lowest BCUT2D eigenvalue weighted by Gasteiger charge is -2.44. The molecule has 0 aromatic rings. The smallest absolute Gasteiger partial charge is 0.0625 e. The largest absolute Gasteiger partial charge is 0.377 e. The lowest BCUT2D eigenvalue weighted by atomic mass is 9.96. The molecule has 1 rings (SSSR count). The maximum Gasteiger partial charge on any atom is 0.0625 e. The second-order valence-corrected chi connectivity index (χ2v) is 3.79. The number of ether oxygens (including phenoxy) is 1. The van der Waals surface area contributed by atoms with Gasteiger partial charge in [0.05, 0.1) is 12.7 Å². The van der Waals surface area contributed by atoms with Crippen LogP contribution in [0.5, 0.6) is 0 Å². The summed E-state index contributed by atoms with van der Waals surface area (Å²) >= 11 is 0. The fraction of sp³-hybridized carbons (Fsp3) is 1.00. The van der Waals surface area contributed by atoms with Gasteiger partial charge in [-0.25, -0.2) is 0 Å². The quantitative estimate of drug-likeness (QED) is 0.615. The zero-order valence-electron chi connectivity index (χ0n) is 8.00. The molecule has 2 heteroatoms. The topological polar surface area (TPSA) is 12.5 Å². The number of likely N-dealkylation sites (N-methyl/N-ethyl adjacent to an activating group) is 1. The zero-order valence-corrected chi connectivity index (χ0v) is 8.00. The Balaban J connectivity index is 2.10. The predicted octanol–water partition coefficient (Wildman–Crippen LogP) is 1.50. The average molecular weight is 157 g/mol. The van der Waals surface area contributed by atoms with E-state index in [9.17, 15) is 0 Å². The molecule has 1 aliphatic heterocycles. The van der Waals surface area contributed by atoms with E-state index in [1.54, 1.807) is 0 Å². The van der Waals surface area contributed by atoms with Crippen LogP contribution in [0.1, 0.15) is 27.2 Å². The molecule has 0 aromatic carbocycles. The van der Waals surface area contributed by atoms with E-state index in [0.29, 0.717) is 12.1 Å². The summed E-state index contributed by atoms with van der Waals surface area (Å²) < 4.78 is 5.52. The van der Waals surface area contributed by atoms with Crippen molar-refractivity contribution in [2.24, 2.45) is 0 Å². The summed E-state index contributed by atoms with van der Waals surface area (Å²) in [6.07, 6.45) is 1.67. The van der Waals surface area contributed by atoms with Gasteiger partial charge in [0.1, 0.15) is 0 Å². The van der Waals surface area contributed by atoms with E-state index in [1.165, 1.54) is 6.42 Å². The molecule has 66 valence electrons. The van der Waals surface area contributed by atoms with Gasteiger partial charge in [0, 0.05) is 12.1 Å². The van der Waals surface area contributed by atoms with E-state index < -0.39 is 0 Å². The highest BCUT2D eigenvalue weighted by atomic mass is 16.5. The van der Waals surface area contributed by atoms with Crippen molar-refractivity contribution in [3.05, 3.63) is 0 Å². The Morgan fingerprint density at radius 2 is 2.18 bits per heavy atom. The van der Waals surface area contributed by atoms with E-state index in [2.05, 4.69) is 32.7 Å². The molecule has 2 nitrogen and oxygen atoms in total. The third kappa shape index (κ3) is 2.17. The number of hydrogen-bond donors (Lipinski definition) is 0. The van der Waals surface area contributed by atoms with Crippen molar-refractivity contribution >= 4 is 0 Å². The van der Waals surface area contributed by atoms with Crippen molar-refractivity contribution in [3.8, 4) is 0 Å². The summed E-state index contributed by atoms with van der Waals surface area (Å²) in [6, 6.07) is 1.43. The Bertz CT molecular complexity index is 125. The van der Waals surface area contributed by atoms with Crippen LogP contribution in [0.3, 0.4) is 0 Å². The van der Waals surface area contributed by atoms with Crippen molar-refractivity contribution in [2.45, 2.75) is 45.4 Å². The first-order chi connectivity index (χ1) is 5.11. The SMILES string of the molecule is CC(C)OC[C@@H]1C[C@@H](C)N1C. The monoisotopic (exact) mass is 157 g/mol. The van der Waals surface area contributed by atoms with Crippen LogP contribution in [-0.4, -0.2) is 36.7 Å². The molecule has 0 N–H and O–H groups in total. The van der Waals surface area contributed by atoms with Crippen LogP contribution in [0.2, 0.25) is 0 Å². The molecule has 0 aromatic heterocycles. The minimum Gasteiger partial charge on any atom is -0.377 e. The highest BCUT2D eigenvalue weighted by Gasteiger charge is 2.31. The molecule has 1 heterocycles. The highest BCUT2D eigenvalue weighted by Crippen LogP contribution is 2.22. The van der Waals surface area contributed by atoms with Crippen LogP contribution in [0, 0.1) is 0 Å². The van der Waals surface area contributed by atoms with Crippen LogP contribution < -0.4 is 0 Å². The van der Waals surface area contributed by atoms with E-state index >= 15 is 0 Å². The van der Waals surface area contributed by atoms with Gasteiger partial charge < -0.3 is 4.74 Å². The lowest BCUT2D eigenvalue weighted by Crippen LogP contribution is -2.54. The lowest BCUT2D eigenvalue weighted by molar-refractivity contribution is -0.0328. The standard InChI is InChI=1S/C9H19NO/c1-7(2)11-6-9-5-8(3)10(9)4/h7-9H,5-6H2,1-4H3/t8-,9+/m1/s1. The van der Waals surface area contributed by atoms with Gasteiger partial charge in [-0.1, -0.05) is 0 Å². The molecule has 0 bridgehead atoms. The van der Waals surface area contributed by atoms with Crippen molar-refractivity contribution in [2.75, 3.05) is 13.7 Å². The van der Waals surface area contributed by atoms with Crippen molar-refractivity contribution in [1.82, 2.24) is 4.90 Å². The summed E-state index contributed by atoms with van der Waals surface area (Å²) in [5.74, 6) is 0.